The zero-order chi connectivity index (χ0) is 10.9. The van der Waals surface area contributed by atoms with Gasteiger partial charge in [-0.05, 0) is 32.4 Å². The van der Waals surface area contributed by atoms with Crippen molar-refractivity contribution >= 4 is 5.96 Å². The number of nitrogens with one attached hydrogen (secondary N) is 1. The van der Waals surface area contributed by atoms with Crippen molar-refractivity contribution < 1.29 is 0 Å². The van der Waals surface area contributed by atoms with E-state index in [0.29, 0.717) is 5.96 Å². The summed E-state index contributed by atoms with van der Waals surface area (Å²) < 4.78 is 0. The summed E-state index contributed by atoms with van der Waals surface area (Å²) in [4.78, 5) is 6.68. The van der Waals surface area contributed by atoms with Gasteiger partial charge in [-0.3, -0.25) is 4.99 Å². The van der Waals surface area contributed by atoms with Crippen LogP contribution in [0, 0.1) is 0 Å². The molecule has 0 amide bonds. The number of nitrogens with zero attached hydrogens (tertiary/aromatic N) is 2. The fraction of sp³-hybridized carbons (Fsp3) is 0.909. The summed E-state index contributed by atoms with van der Waals surface area (Å²) in [6, 6.07) is 0. The number of hydrogen-bond acceptors (Lipinski definition) is 2. The van der Waals surface area contributed by atoms with E-state index < -0.39 is 0 Å². The van der Waals surface area contributed by atoms with Gasteiger partial charge in [0.25, 0.3) is 0 Å². The van der Waals surface area contributed by atoms with Gasteiger partial charge in [-0.25, -0.2) is 0 Å². The first-order valence-electron chi connectivity index (χ1n) is 6.09. The average molecular weight is 212 g/mol. The van der Waals surface area contributed by atoms with E-state index in [4.69, 9.17) is 5.73 Å². The van der Waals surface area contributed by atoms with E-state index in [1.165, 1.54) is 32.4 Å². The lowest BCUT2D eigenvalue weighted by Gasteiger charge is -2.26. The molecule has 1 saturated heterocycles. The standard InChI is InChI=1S/C11H24N4/c1-2-6-13-11(12)14-7-10-15-8-4-3-5-9-15/h2-10H2,1H3,(H3,12,13,14). The van der Waals surface area contributed by atoms with Gasteiger partial charge >= 0.3 is 0 Å². The number of guanidine groups is 1. The maximum Gasteiger partial charge on any atom is 0.188 e. The lowest BCUT2D eigenvalue weighted by atomic mass is 10.1. The molecular weight excluding hydrogens is 188 g/mol. The highest BCUT2D eigenvalue weighted by Crippen LogP contribution is 2.06. The fourth-order valence-corrected chi connectivity index (χ4v) is 1.81. The first kappa shape index (κ1) is 12.3. The molecule has 1 fully saturated rings. The molecule has 1 rings (SSSR count). The van der Waals surface area contributed by atoms with E-state index in [2.05, 4.69) is 22.1 Å². The van der Waals surface area contributed by atoms with Crippen molar-refractivity contribution in [3.8, 4) is 0 Å². The Bertz CT molecular complexity index is 185. The summed E-state index contributed by atoms with van der Waals surface area (Å²) in [6.07, 6.45) is 5.14. The summed E-state index contributed by atoms with van der Waals surface area (Å²) in [5, 5.41) is 3.15. The van der Waals surface area contributed by atoms with Gasteiger partial charge in [-0.15, -0.1) is 0 Å². The topological polar surface area (TPSA) is 53.6 Å². The number of rotatable bonds is 5. The zero-order valence-corrected chi connectivity index (χ0v) is 9.84. The fourth-order valence-electron chi connectivity index (χ4n) is 1.81. The van der Waals surface area contributed by atoms with E-state index in [-0.39, 0.29) is 0 Å². The van der Waals surface area contributed by atoms with Crippen LogP contribution in [0.3, 0.4) is 0 Å². The van der Waals surface area contributed by atoms with Crippen LogP contribution in [0.15, 0.2) is 4.99 Å². The molecule has 0 radical (unpaired) electrons. The van der Waals surface area contributed by atoms with Crippen molar-refractivity contribution in [3.05, 3.63) is 0 Å². The second-order valence-electron chi connectivity index (χ2n) is 4.10. The van der Waals surface area contributed by atoms with Crippen LogP contribution in [-0.4, -0.2) is 43.6 Å². The van der Waals surface area contributed by atoms with Crippen molar-refractivity contribution in [1.29, 1.82) is 0 Å². The molecule has 4 nitrogen and oxygen atoms in total. The molecule has 1 heterocycles. The van der Waals surface area contributed by atoms with Crippen LogP contribution < -0.4 is 11.1 Å². The average Bonchev–Trinajstić information content (AvgIpc) is 2.28. The Morgan fingerprint density at radius 2 is 2.07 bits per heavy atom. The summed E-state index contributed by atoms with van der Waals surface area (Å²) in [5.41, 5.74) is 5.70. The van der Waals surface area contributed by atoms with Gasteiger partial charge in [0.1, 0.15) is 0 Å². The minimum atomic E-state index is 0.592. The summed E-state index contributed by atoms with van der Waals surface area (Å²) >= 11 is 0. The first-order chi connectivity index (χ1) is 7.33. The Hall–Kier alpha value is -0.770. The number of nitrogens with two attached hydrogens (primary N) is 1. The van der Waals surface area contributed by atoms with Crippen molar-refractivity contribution in [2.45, 2.75) is 32.6 Å². The van der Waals surface area contributed by atoms with Gasteiger partial charge in [0.15, 0.2) is 5.96 Å². The highest BCUT2D eigenvalue weighted by molar-refractivity contribution is 5.77. The lowest BCUT2D eigenvalue weighted by Crippen LogP contribution is -2.40. The van der Waals surface area contributed by atoms with Crippen LogP contribution in [0.4, 0.5) is 0 Å². The second-order valence-corrected chi connectivity index (χ2v) is 4.10. The molecule has 88 valence electrons. The van der Waals surface area contributed by atoms with Crippen LogP contribution in [0.1, 0.15) is 32.6 Å². The third-order valence-electron chi connectivity index (χ3n) is 2.69. The van der Waals surface area contributed by atoms with Crippen molar-refractivity contribution in [3.63, 3.8) is 0 Å². The van der Waals surface area contributed by atoms with Crippen molar-refractivity contribution in [1.82, 2.24) is 10.2 Å². The Labute approximate surface area is 92.9 Å². The quantitative estimate of drug-likeness (QED) is 0.523. The molecule has 1 aliphatic rings. The Kier molecular flexibility index (Phi) is 6.16. The smallest absolute Gasteiger partial charge is 0.188 e. The molecule has 0 aromatic heterocycles. The van der Waals surface area contributed by atoms with E-state index in [1.807, 2.05) is 0 Å². The van der Waals surface area contributed by atoms with Crippen LogP contribution in [0.2, 0.25) is 0 Å². The Morgan fingerprint density at radius 1 is 1.33 bits per heavy atom. The Morgan fingerprint density at radius 3 is 2.73 bits per heavy atom. The lowest BCUT2D eigenvalue weighted by molar-refractivity contribution is 0.232. The molecule has 0 aromatic rings. The van der Waals surface area contributed by atoms with Crippen molar-refractivity contribution in [2.24, 2.45) is 10.7 Å². The first-order valence-corrected chi connectivity index (χ1v) is 6.09. The predicted molar refractivity (Wildman–Crippen MR) is 65.1 cm³/mol. The SMILES string of the molecule is CCCN=C(N)NCCN1CCCCC1. The van der Waals surface area contributed by atoms with Gasteiger partial charge in [0.05, 0.1) is 0 Å². The van der Waals surface area contributed by atoms with E-state index in [0.717, 1.165) is 26.1 Å². The zero-order valence-electron chi connectivity index (χ0n) is 9.84. The minimum absolute atomic E-state index is 0.592. The van der Waals surface area contributed by atoms with Gasteiger partial charge < -0.3 is 16.0 Å². The molecule has 0 aromatic carbocycles. The highest BCUT2D eigenvalue weighted by atomic mass is 15.2. The van der Waals surface area contributed by atoms with Gasteiger partial charge in [0, 0.05) is 19.6 Å². The molecule has 0 saturated carbocycles. The van der Waals surface area contributed by atoms with Crippen LogP contribution in [-0.2, 0) is 0 Å². The molecule has 0 unspecified atom stereocenters. The van der Waals surface area contributed by atoms with Gasteiger partial charge in [0.2, 0.25) is 0 Å². The number of piperidine rings is 1. The monoisotopic (exact) mass is 212 g/mol. The van der Waals surface area contributed by atoms with Crippen LogP contribution >= 0.6 is 0 Å². The predicted octanol–water partition coefficient (Wildman–Crippen LogP) is 0.787. The Balaban J connectivity index is 2.04. The summed E-state index contributed by atoms with van der Waals surface area (Å²) in [7, 11) is 0. The highest BCUT2D eigenvalue weighted by Gasteiger charge is 2.08. The molecule has 15 heavy (non-hydrogen) atoms. The largest absolute Gasteiger partial charge is 0.370 e. The van der Waals surface area contributed by atoms with Gasteiger partial charge in [-0.1, -0.05) is 13.3 Å². The number of likely N-dealkylation sites (tertiary alicyclic amines) is 1. The van der Waals surface area contributed by atoms with Crippen LogP contribution in [0.5, 0.6) is 0 Å². The maximum atomic E-state index is 5.70. The van der Waals surface area contributed by atoms with Crippen molar-refractivity contribution in [2.75, 3.05) is 32.7 Å². The maximum absolute atomic E-state index is 5.70. The van der Waals surface area contributed by atoms with E-state index in [1.54, 1.807) is 0 Å². The number of aliphatic imine (C=N–C) groups is 1. The minimum Gasteiger partial charge on any atom is -0.370 e. The third-order valence-corrected chi connectivity index (χ3v) is 2.69. The molecule has 4 heteroatoms. The summed E-state index contributed by atoms with van der Waals surface area (Å²) in [5.74, 6) is 0.592. The normalized spacial score (nSPS) is 19.1. The molecule has 0 spiro atoms. The van der Waals surface area contributed by atoms with Crippen LogP contribution in [0.25, 0.3) is 0 Å². The second kappa shape index (κ2) is 7.51. The molecule has 0 aliphatic carbocycles. The summed E-state index contributed by atoms with van der Waals surface area (Å²) in [6.45, 7) is 7.41. The molecule has 3 N–H and O–H groups in total. The molecule has 0 bridgehead atoms. The molecular formula is C11H24N4. The van der Waals surface area contributed by atoms with E-state index in [9.17, 15) is 0 Å². The molecule has 0 atom stereocenters. The third kappa shape index (κ3) is 5.62. The molecule has 1 aliphatic heterocycles. The number of hydrogen-bond donors (Lipinski definition) is 2. The van der Waals surface area contributed by atoms with Gasteiger partial charge in [-0.2, -0.15) is 0 Å². The van der Waals surface area contributed by atoms with E-state index >= 15 is 0 Å².